The molecule has 0 spiro atoms. The molecule has 3 rings (SSSR count). The van der Waals surface area contributed by atoms with Gasteiger partial charge in [0, 0.05) is 24.3 Å². The Bertz CT molecular complexity index is 983. The molecular formula is C24H29BrN2O4S. The molecule has 8 heteroatoms. The quantitative estimate of drug-likeness (QED) is 0.529. The van der Waals surface area contributed by atoms with Crippen LogP contribution in [0.3, 0.4) is 0 Å². The molecule has 0 radical (unpaired) electrons. The van der Waals surface area contributed by atoms with Crippen LogP contribution >= 0.6 is 28.1 Å². The molecule has 1 aliphatic rings. The van der Waals surface area contributed by atoms with Crippen LogP contribution in [-0.4, -0.2) is 55.3 Å². The molecule has 0 saturated carbocycles. The molecule has 172 valence electrons. The highest BCUT2D eigenvalue weighted by Crippen LogP contribution is 2.37. The SMILES string of the molecule is CCOc1cc(C(=S)N2CCOCC2)cc(Br)c1OCC(=O)Nc1c(C)cc(C)cc1C. The number of halogens is 1. The van der Waals surface area contributed by atoms with Crippen molar-refractivity contribution in [2.24, 2.45) is 0 Å². The van der Waals surface area contributed by atoms with Crippen molar-refractivity contribution in [1.29, 1.82) is 0 Å². The van der Waals surface area contributed by atoms with Crippen LogP contribution in [0.1, 0.15) is 29.2 Å². The van der Waals surface area contributed by atoms with Crippen molar-refractivity contribution in [2.45, 2.75) is 27.7 Å². The molecule has 1 N–H and O–H groups in total. The fraction of sp³-hybridized carbons (Fsp3) is 0.417. The number of rotatable bonds is 7. The normalized spacial score (nSPS) is 13.6. The molecule has 0 unspecified atom stereocenters. The Morgan fingerprint density at radius 2 is 1.78 bits per heavy atom. The summed E-state index contributed by atoms with van der Waals surface area (Å²) in [6, 6.07) is 7.86. The van der Waals surface area contributed by atoms with Gasteiger partial charge < -0.3 is 24.4 Å². The van der Waals surface area contributed by atoms with E-state index in [9.17, 15) is 4.79 Å². The molecule has 2 aromatic rings. The molecule has 1 heterocycles. The number of anilines is 1. The molecular weight excluding hydrogens is 492 g/mol. The summed E-state index contributed by atoms with van der Waals surface area (Å²) in [4.78, 5) is 15.5. The monoisotopic (exact) mass is 520 g/mol. The second-order valence-corrected chi connectivity index (χ2v) is 8.97. The van der Waals surface area contributed by atoms with Crippen molar-refractivity contribution < 1.29 is 19.0 Å². The summed E-state index contributed by atoms with van der Waals surface area (Å²) in [7, 11) is 0. The van der Waals surface area contributed by atoms with Gasteiger partial charge in [0.15, 0.2) is 18.1 Å². The highest BCUT2D eigenvalue weighted by molar-refractivity contribution is 9.10. The number of morpholine rings is 1. The molecule has 32 heavy (non-hydrogen) atoms. The number of amides is 1. The molecule has 1 saturated heterocycles. The van der Waals surface area contributed by atoms with E-state index in [0.29, 0.717) is 35.8 Å². The number of nitrogens with one attached hydrogen (secondary N) is 1. The van der Waals surface area contributed by atoms with Crippen LogP contribution in [0.15, 0.2) is 28.7 Å². The lowest BCUT2D eigenvalue weighted by Gasteiger charge is -2.29. The minimum absolute atomic E-state index is 0.140. The Balaban J connectivity index is 1.74. The zero-order valence-electron chi connectivity index (χ0n) is 18.9. The summed E-state index contributed by atoms with van der Waals surface area (Å²) in [5, 5.41) is 2.96. The van der Waals surface area contributed by atoms with E-state index in [-0.39, 0.29) is 12.5 Å². The molecule has 0 atom stereocenters. The largest absolute Gasteiger partial charge is 0.490 e. The minimum Gasteiger partial charge on any atom is -0.490 e. The number of carbonyl (C=O) groups excluding carboxylic acids is 1. The van der Waals surface area contributed by atoms with Gasteiger partial charge in [-0.2, -0.15) is 0 Å². The summed E-state index contributed by atoms with van der Waals surface area (Å²) >= 11 is 9.26. The van der Waals surface area contributed by atoms with Crippen molar-refractivity contribution >= 4 is 44.7 Å². The number of carbonyl (C=O) groups is 1. The van der Waals surface area contributed by atoms with Crippen molar-refractivity contribution in [3.8, 4) is 11.5 Å². The van der Waals surface area contributed by atoms with E-state index >= 15 is 0 Å². The summed E-state index contributed by atoms with van der Waals surface area (Å²) in [6.07, 6.45) is 0. The van der Waals surface area contributed by atoms with Crippen molar-refractivity contribution in [3.63, 3.8) is 0 Å². The summed E-state index contributed by atoms with van der Waals surface area (Å²) in [6.45, 7) is 11.1. The van der Waals surface area contributed by atoms with Crippen LogP contribution in [-0.2, 0) is 9.53 Å². The average Bonchev–Trinajstić information content (AvgIpc) is 2.75. The molecule has 6 nitrogen and oxygen atoms in total. The van der Waals surface area contributed by atoms with Gasteiger partial charge in [-0.3, -0.25) is 4.79 Å². The smallest absolute Gasteiger partial charge is 0.262 e. The number of hydrogen-bond acceptors (Lipinski definition) is 5. The lowest BCUT2D eigenvalue weighted by atomic mass is 10.1. The van der Waals surface area contributed by atoms with Gasteiger partial charge in [0.2, 0.25) is 0 Å². The first-order valence-electron chi connectivity index (χ1n) is 10.6. The molecule has 2 aromatic carbocycles. The zero-order chi connectivity index (χ0) is 23.3. The highest BCUT2D eigenvalue weighted by Gasteiger charge is 2.20. The number of ether oxygens (including phenoxy) is 3. The van der Waals surface area contributed by atoms with Gasteiger partial charge in [0.25, 0.3) is 5.91 Å². The summed E-state index contributed by atoms with van der Waals surface area (Å²) < 4.78 is 17.8. The van der Waals surface area contributed by atoms with Gasteiger partial charge >= 0.3 is 0 Å². The second kappa shape index (κ2) is 11.1. The molecule has 0 aromatic heterocycles. The van der Waals surface area contributed by atoms with Gasteiger partial charge in [-0.25, -0.2) is 0 Å². The topological polar surface area (TPSA) is 60.0 Å². The van der Waals surface area contributed by atoms with E-state index in [1.165, 1.54) is 0 Å². The van der Waals surface area contributed by atoms with Gasteiger partial charge in [-0.05, 0) is 66.9 Å². The third kappa shape index (κ3) is 5.99. The molecule has 1 amide bonds. The van der Waals surface area contributed by atoms with Crippen LogP contribution in [0.25, 0.3) is 0 Å². The fourth-order valence-electron chi connectivity index (χ4n) is 3.73. The maximum atomic E-state index is 12.6. The molecule has 1 aliphatic heterocycles. The number of nitrogens with zero attached hydrogens (tertiary/aromatic N) is 1. The summed E-state index contributed by atoms with van der Waals surface area (Å²) in [5.41, 5.74) is 4.88. The average molecular weight is 521 g/mol. The van der Waals surface area contributed by atoms with E-state index in [1.807, 2.05) is 52.0 Å². The lowest BCUT2D eigenvalue weighted by Crippen LogP contribution is -2.40. The fourth-order valence-corrected chi connectivity index (χ4v) is 4.59. The Kier molecular flexibility index (Phi) is 8.51. The Labute approximate surface area is 203 Å². The van der Waals surface area contributed by atoms with Gasteiger partial charge in [-0.15, -0.1) is 0 Å². The van der Waals surface area contributed by atoms with Gasteiger partial charge in [0.05, 0.1) is 24.3 Å². The molecule has 0 bridgehead atoms. The van der Waals surface area contributed by atoms with Gasteiger partial charge in [0.1, 0.15) is 4.99 Å². The van der Waals surface area contributed by atoms with Crippen LogP contribution in [0.5, 0.6) is 11.5 Å². The van der Waals surface area contributed by atoms with Crippen molar-refractivity contribution in [2.75, 3.05) is 44.8 Å². The van der Waals surface area contributed by atoms with Crippen LogP contribution < -0.4 is 14.8 Å². The number of aryl methyl sites for hydroxylation is 3. The summed E-state index contributed by atoms with van der Waals surface area (Å²) in [5.74, 6) is 0.790. The van der Waals surface area contributed by atoms with Gasteiger partial charge in [-0.1, -0.05) is 29.9 Å². The number of hydrogen-bond donors (Lipinski definition) is 1. The zero-order valence-corrected chi connectivity index (χ0v) is 21.3. The van der Waals surface area contributed by atoms with E-state index in [2.05, 4.69) is 26.1 Å². The second-order valence-electron chi connectivity index (χ2n) is 7.73. The lowest BCUT2D eigenvalue weighted by molar-refractivity contribution is -0.118. The van der Waals surface area contributed by atoms with Crippen LogP contribution in [0.4, 0.5) is 5.69 Å². The third-order valence-corrected chi connectivity index (χ3v) is 6.23. The minimum atomic E-state index is -0.234. The Morgan fingerprint density at radius 1 is 1.12 bits per heavy atom. The van der Waals surface area contributed by atoms with E-state index in [0.717, 1.165) is 46.0 Å². The first-order valence-corrected chi connectivity index (χ1v) is 11.8. The Morgan fingerprint density at radius 3 is 2.41 bits per heavy atom. The first-order chi connectivity index (χ1) is 15.3. The van der Waals surface area contributed by atoms with Crippen molar-refractivity contribution in [3.05, 3.63) is 51.0 Å². The van der Waals surface area contributed by atoms with Crippen molar-refractivity contribution in [1.82, 2.24) is 4.90 Å². The Hall–Kier alpha value is -2.16. The maximum Gasteiger partial charge on any atom is 0.262 e. The maximum absolute atomic E-state index is 12.6. The van der Waals surface area contributed by atoms with Crippen LogP contribution in [0.2, 0.25) is 0 Å². The highest BCUT2D eigenvalue weighted by atomic mass is 79.9. The van der Waals surface area contributed by atoms with E-state index in [4.69, 9.17) is 26.4 Å². The van der Waals surface area contributed by atoms with E-state index < -0.39 is 0 Å². The predicted molar refractivity (Wildman–Crippen MR) is 134 cm³/mol. The standard InChI is InChI=1S/C24H29BrN2O4S/c1-5-30-20-13-18(24(32)27-6-8-29-9-7-27)12-19(25)23(20)31-14-21(28)26-22-16(3)10-15(2)11-17(22)4/h10-13H,5-9,14H2,1-4H3,(H,26,28). The number of thiocarbonyl (C=S) groups is 1. The van der Waals surface area contributed by atoms with E-state index in [1.54, 1.807) is 0 Å². The third-order valence-electron chi connectivity index (χ3n) is 5.14. The first kappa shape index (κ1) is 24.5. The predicted octanol–water partition coefficient (Wildman–Crippen LogP) is 4.80. The molecule has 0 aliphatic carbocycles. The van der Waals surface area contributed by atoms with Crippen LogP contribution in [0, 0.1) is 20.8 Å². The molecule has 1 fully saturated rings. The number of benzene rings is 2.